The summed E-state index contributed by atoms with van der Waals surface area (Å²) in [5, 5.41) is 12.0. The molecule has 6 nitrogen and oxygen atoms in total. The van der Waals surface area contributed by atoms with Crippen molar-refractivity contribution in [1.29, 1.82) is 0 Å². The minimum absolute atomic E-state index is 0.0335. The predicted octanol–water partition coefficient (Wildman–Crippen LogP) is -0.362. The molecule has 2 fully saturated rings. The summed E-state index contributed by atoms with van der Waals surface area (Å²) in [7, 11) is 0. The van der Waals surface area contributed by atoms with Crippen molar-refractivity contribution >= 4 is 11.6 Å². The lowest BCUT2D eigenvalue weighted by Gasteiger charge is -2.34. The largest absolute Gasteiger partial charge is 0.395 e. The van der Waals surface area contributed by atoms with Crippen LogP contribution < -0.4 is 5.32 Å². The van der Waals surface area contributed by atoms with E-state index in [1.54, 1.807) is 6.20 Å². The second kappa shape index (κ2) is 8.41. The highest BCUT2D eigenvalue weighted by Gasteiger charge is 2.27. The van der Waals surface area contributed by atoms with Gasteiger partial charge in [0.05, 0.1) is 12.2 Å². The molecule has 1 saturated carbocycles. The Hall–Kier alpha value is -1.24. The zero-order chi connectivity index (χ0) is 15.9. The number of carbonyl (C=O) groups is 2. The maximum absolute atomic E-state index is 11.8. The number of piperazine rings is 1. The number of rotatable bonds is 6. The average Bonchev–Trinajstić information content (AvgIpc) is 2.47. The summed E-state index contributed by atoms with van der Waals surface area (Å²) in [6.45, 7) is 8.50. The topological polar surface area (TPSA) is 72.9 Å². The van der Waals surface area contributed by atoms with Gasteiger partial charge in [0, 0.05) is 64.9 Å². The van der Waals surface area contributed by atoms with Crippen molar-refractivity contribution in [3.05, 3.63) is 11.8 Å². The minimum Gasteiger partial charge on any atom is -0.395 e. The Morgan fingerprint density at radius 1 is 1.09 bits per heavy atom. The number of Topliss-reactive ketones (excluding diaryl/α,β-unsaturated/α-hetero) is 2. The zero-order valence-corrected chi connectivity index (χ0v) is 13.4. The molecule has 124 valence electrons. The number of aliphatic hydroxyl groups is 1. The number of hydrogen-bond donors (Lipinski definition) is 2. The normalized spacial score (nSPS) is 24.6. The summed E-state index contributed by atoms with van der Waals surface area (Å²) in [6, 6.07) is 0. The first-order chi connectivity index (χ1) is 10.6. The van der Waals surface area contributed by atoms with E-state index in [-0.39, 0.29) is 24.1 Å². The molecule has 0 aromatic rings. The molecule has 0 bridgehead atoms. The van der Waals surface area contributed by atoms with E-state index in [0.29, 0.717) is 18.4 Å². The monoisotopic (exact) mass is 309 g/mol. The molecule has 0 aromatic carbocycles. The van der Waals surface area contributed by atoms with Crippen LogP contribution in [0.1, 0.15) is 19.8 Å². The van der Waals surface area contributed by atoms with Gasteiger partial charge in [0.15, 0.2) is 11.6 Å². The van der Waals surface area contributed by atoms with Crippen molar-refractivity contribution in [2.75, 3.05) is 52.4 Å². The van der Waals surface area contributed by atoms with Gasteiger partial charge in [-0.05, 0) is 5.92 Å². The molecule has 0 amide bonds. The molecule has 6 heteroatoms. The van der Waals surface area contributed by atoms with Crippen molar-refractivity contribution in [3.8, 4) is 0 Å². The van der Waals surface area contributed by atoms with E-state index >= 15 is 0 Å². The van der Waals surface area contributed by atoms with Gasteiger partial charge in [-0.15, -0.1) is 0 Å². The molecule has 0 atom stereocenters. The highest BCUT2D eigenvalue weighted by molar-refractivity contribution is 6.21. The lowest BCUT2D eigenvalue weighted by atomic mass is 9.85. The highest BCUT2D eigenvalue weighted by Crippen LogP contribution is 2.21. The van der Waals surface area contributed by atoms with Crippen LogP contribution in [0.2, 0.25) is 0 Å². The van der Waals surface area contributed by atoms with Crippen molar-refractivity contribution < 1.29 is 14.7 Å². The van der Waals surface area contributed by atoms with E-state index in [4.69, 9.17) is 5.11 Å². The first kappa shape index (κ1) is 17.1. The Morgan fingerprint density at radius 2 is 1.64 bits per heavy atom. The Kier molecular flexibility index (Phi) is 6.54. The van der Waals surface area contributed by atoms with Gasteiger partial charge in [-0.2, -0.15) is 0 Å². The second-order valence-electron chi connectivity index (χ2n) is 6.28. The molecular weight excluding hydrogens is 282 g/mol. The fourth-order valence-electron chi connectivity index (χ4n) is 3.02. The van der Waals surface area contributed by atoms with Crippen LogP contribution in [-0.2, 0) is 9.59 Å². The third kappa shape index (κ3) is 4.90. The van der Waals surface area contributed by atoms with Crippen LogP contribution in [0.15, 0.2) is 11.8 Å². The Morgan fingerprint density at radius 3 is 2.18 bits per heavy atom. The van der Waals surface area contributed by atoms with Crippen LogP contribution in [0.25, 0.3) is 0 Å². The molecule has 2 rings (SSSR count). The van der Waals surface area contributed by atoms with E-state index in [1.165, 1.54) is 0 Å². The van der Waals surface area contributed by atoms with Gasteiger partial charge < -0.3 is 10.4 Å². The van der Waals surface area contributed by atoms with Gasteiger partial charge in [0.1, 0.15) is 0 Å². The first-order valence-electron chi connectivity index (χ1n) is 8.15. The molecule has 2 N–H and O–H groups in total. The number of aliphatic hydroxyl groups excluding tert-OH is 1. The molecule has 2 aliphatic rings. The zero-order valence-electron chi connectivity index (χ0n) is 13.4. The molecule has 0 aromatic heterocycles. The van der Waals surface area contributed by atoms with E-state index < -0.39 is 0 Å². The quantitative estimate of drug-likeness (QED) is 0.396. The standard InChI is InChI=1S/C16H27N3O3/c1-13-10-15(21)14(16(22)11-13)12-17-2-3-18-4-6-19(7-5-18)8-9-20/h12-13,17,20H,2-11H2,1H3. The summed E-state index contributed by atoms with van der Waals surface area (Å²) in [5.41, 5.74) is 0.339. The number of ketones is 2. The molecule has 0 spiro atoms. The van der Waals surface area contributed by atoms with Crippen molar-refractivity contribution in [1.82, 2.24) is 15.1 Å². The van der Waals surface area contributed by atoms with Crippen LogP contribution in [0, 0.1) is 5.92 Å². The van der Waals surface area contributed by atoms with Crippen molar-refractivity contribution in [3.63, 3.8) is 0 Å². The van der Waals surface area contributed by atoms with E-state index in [2.05, 4.69) is 15.1 Å². The van der Waals surface area contributed by atoms with Crippen LogP contribution >= 0.6 is 0 Å². The molecule has 1 aliphatic heterocycles. The molecular formula is C16H27N3O3. The Labute approximate surface area is 132 Å². The minimum atomic E-state index is -0.0335. The van der Waals surface area contributed by atoms with Gasteiger partial charge in [-0.1, -0.05) is 6.92 Å². The van der Waals surface area contributed by atoms with E-state index in [9.17, 15) is 9.59 Å². The van der Waals surface area contributed by atoms with Crippen LogP contribution in [0.3, 0.4) is 0 Å². The predicted molar refractivity (Wildman–Crippen MR) is 84.5 cm³/mol. The summed E-state index contributed by atoms with van der Waals surface area (Å²) in [5.74, 6) is 0.107. The smallest absolute Gasteiger partial charge is 0.168 e. The summed E-state index contributed by atoms with van der Waals surface area (Å²) < 4.78 is 0. The number of hydrogen-bond acceptors (Lipinski definition) is 6. The number of nitrogens with one attached hydrogen (secondary N) is 1. The van der Waals surface area contributed by atoms with Gasteiger partial charge in [-0.25, -0.2) is 0 Å². The molecule has 1 heterocycles. The Balaban J connectivity index is 1.68. The van der Waals surface area contributed by atoms with Gasteiger partial charge in [0.2, 0.25) is 0 Å². The number of nitrogens with zero attached hydrogens (tertiary/aromatic N) is 2. The average molecular weight is 309 g/mol. The lowest BCUT2D eigenvalue weighted by molar-refractivity contribution is -0.125. The molecule has 1 saturated heterocycles. The molecule has 0 radical (unpaired) electrons. The highest BCUT2D eigenvalue weighted by atomic mass is 16.3. The summed E-state index contributed by atoms with van der Waals surface area (Å²) in [4.78, 5) is 28.3. The number of β-amino-alcohol motifs (C(OH)–C–C–N with tert-alkyl or cyclic N) is 1. The van der Waals surface area contributed by atoms with Crippen LogP contribution in [0.4, 0.5) is 0 Å². The molecule has 22 heavy (non-hydrogen) atoms. The van der Waals surface area contributed by atoms with Crippen molar-refractivity contribution in [2.24, 2.45) is 5.92 Å². The molecule has 1 aliphatic carbocycles. The fourth-order valence-corrected chi connectivity index (χ4v) is 3.02. The summed E-state index contributed by atoms with van der Waals surface area (Å²) in [6.07, 6.45) is 2.57. The maximum atomic E-state index is 11.8. The second-order valence-corrected chi connectivity index (χ2v) is 6.28. The number of carbonyl (C=O) groups excluding carboxylic acids is 2. The molecule has 0 unspecified atom stereocenters. The SMILES string of the molecule is CC1CC(=O)C(=CNCCN2CCN(CCO)CC2)C(=O)C1. The van der Waals surface area contributed by atoms with Crippen molar-refractivity contribution in [2.45, 2.75) is 19.8 Å². The third-order valence-corrected chi connectivity index (χ3v) is 4.37. The van der Waals surface area contributed by atoms with E-state index in [1.807, 2.05) is 6.92 Å². The van der Waals surface area contributed by atoms with Gasteiger partial charge in [-0.3, -0.25) is 19.4 Å². The first-order valence-corrected chi connectivity index (χ1v) is 8.15. The maximum Gasteiger partial charge on any atom is 0.168 e. The van der Waals surface area contributed by atoms with E-state index in [0.717, 1.165) is 45.8 Å². The van der Waals surface area contributed by atoms with Gasteiger partial charge in [0.25, 0.3) is 0 Å². The van der Waals surface area contributed by atoms with Crippen LogP contribution in [-0.4, -0.2) is 78.9 Å². The Bertz CT molecular complexity index is 408. The lowest BCUT2D eigenvalue weighted by Crippen LogP contribution is -2.48. The summed E-state index contributed by atoms with van der Waals surface area (Å²) >= 11 is 0. The van der Waals surface area contributed by atoms with Gasteiger partial charge >= 0.3 is 0 Å². The fraction of sp³-hybridized carbons (Fsp3) is 0.750. The number of allylic oxidation sites excluding steroid dienone is 1. The third-order valence-electron chi connectivity index (χ3n) is 4.37. The van der Waals surface area contributed by atoms with Crippen LogP contribution in [0.5, 0.6) is 0 Å².